The molecule has 0 saturated carbocycles. The van der Waals surface area contributed by atoms with E-state index in [4.69, 9.17) is 4.74 Å². The standard InChI is InChI=1S/C19H18F6O2.C2H6/c1-11(14-8-13(20)4-6-17(14)27-2)9-18(26,19(23,24)25)10-12-3-5-15(21)16(22)7-12;1-2/h3-8,11,26H,9-10H2,1-2H3;1-2H3. The van der Waals surface area contributed by atoms with E-state index in [1.54, 1.807) is 0 Å². The van der Waals surface area contributed by atoms with Crippen molar-refractivity contribution in [2.24, 2.45) is 0 Å². The summed E-state index contributed by atoms with van der Waals surface area (Å²) in [4.78, 5) is 0. The summed E-state index contributed by atoms with van der Waals surface area (Å²) in [5.74, 6) is -3.92. The average Bonchev–Trinajstić information content (AvgIpc) is 2.65. The van der Waals surface area contributed by atoms with E-state index in [1.807, 2.05) is 13.8 Å². The summed E-state index contributed by atoms with van der Waals surface area (Å²) >= 11 is 0. The fourth-order valence-electron chi connectivity index (χ4n) is 2.98. The van der Waals surface area contributed by atoms with E-state index < -0.39 is 48.0 Å². The van der Waals surface area contributed by atoms with Crippen LogP contribution in [0.2, 0.25) is 0 Å². The van der Waals surface area contributed by atoms with Crippen LogP contribution in [0.1, 0.15) is 44.2 Å². The van der Waals surface area contributed by atoms with Gasteiger partial charge in [-0.3, -0.25) is 0 Å². The molecule has 0 bridgehead atoms. The molecular formula is C21H24F6O2. The second kappa shape index (κ2) is 10.0. The Morgan fingerprint density at radius 2 is 1.59 bits per heavy atom. The first-order valence-corrected chi connectivity index (χ1v) is 9.03. The van der Waals surface area contributed by atoms with Crippen molar-refractivity contribution in [2.45, 2.75) is 51.3 Å². The molecule has 1 N–H and O–H groups in total. The lowest BCUT2D eigenvalue weighted by Crippen LogP contribution is -2.48. The molecule has 0 aromatic heterocycles. The average molecular weight is 422 g/mol. The quantitative estimate of drug-likeness (QED) is 0.565. The van der Waals surface area contributed by atoms with Gasteiger partial charge in [-0.1, -0.05) is 26.8 Å². The van der Waals surface area contributed by atoms with E-state index in [1.165, 1.54) is 20.1 Å². The van der Waals surface area contributed by atoms with Crippen LogP contribution < -0.4 is 4.74 Å². The van der Waals surface area contributed by atoms with Crippen LogP contribution in [-0.2, 0) is 6.42 Å². The molecule has 29 heavy (non-hydrogen) atoms. The third-order valence-electron chi connectivity index (χ3n) is 4.37. The summed E-state index contributed by atoms with van der Waals surface area (Å²) < 4.78 is 85.7. The van der Waals surface area contributed by atoms with Crippen molar-refractivity contribution >= 4 is 0 Å². The first kappa shape index (κ1) is 24.8. The minimum atomic E-state index is -5.05. The lowest BCUT2D eigenvalue weighted by Gasteiger charge is -2.33. The smallest absolute Gasteiger partial charge is 0.417 e. The molecule has 0 amide bonds. The molecule has 162 valence electrons. The van der Waals surface area contributed by atoms with Crippen molar-refractivity contribution in [2.75, 3.05) is 7.11 Å². The van der Waals surface area contributed by atoms with Gasteiger partial charge in [0.2, 0.25) is 0 Å². The molecule has 2 atom stereocenters. The molecule has 2 aromatic carbocycles. The number of alkyl halides is 3. The van der Waals surface area contributed by atoms with Gasteiger partial charge >= 0.3 is 6.18 Å². The highest BCUT2D eigenvalue weighted by molar-refractivity contribution is 5.37. The largest absolute Gasteiger partial charge is 0.496 e. The fourth-order valence-corrected chi connectivity index (χ4v) is 2.98. The van der Waals surface area contributed by atoms with Crippen molar-refractivity contribution in [3.63, 3.8) is 0 Å². The van der Waals surface area contributed by atoms with Crippen LogP contribution in [-0.4, -0.2) is 24.0 Å². The van der Waals surface area contributed by atoms with Crippen LogP contribution in [0.4, 0.5) is 26.3 Å². The minimum absolute atomic E-state index is 0.158. The third kappa shape index (κ3) is 6.13. The summed E-state index contributed by atoms with van der Waals surface area (Å²) in [5.41, 5.74) is -3.29. The van der Waals surface area contributed by atoms with Crippen LogP contribution in [0.3, 0.4) is 0 Å². The van der Waals surface area contributed by atoms with Gasteiger partial charge in [-0.05, 0) is 53.8 Å². The van der Waals surface area contributed by atoms with E-state index in [2.05, 4.69) is 0 Å². The van der Waals surface area contributed by atoms with Gasteiger partial charge < -0.3 is 9.84 Å². The molecule has 0 aliphatic rings. The predicted octanol–water partition coefficient (Wildman–Crippen LogP) is 6.17. The molecule has 0 saturated heterocycles. The topological polar surface area (TPSA) is 29.5 Å². The normalized spacial score (nSPS) is 14.4. The molecule has 0 aliphatic heterocycles. The first-order chi connectivity index (χ1) is 13.5. The Bertz CT molecular complexity index is 806. The fraction of sp³-hybridized carbons (Fsp3) is 0.429. The van der Waals surface area contributed by atoms with Gasteiger partial charge in [0.25, 0.3) is 0 Å². The predicted molar refractivity (Wildman–Crippen MR) is 98.4 cm³/mol. The molecule has 2 nitrogen and oxygen atoms in total. The molecule has 0 spiro atoms. The minimum Gasteiger partial charge on any atom is -0.496 e. The Morgan fingerprint density at radius 1 is 0.966 bits per heavy atom. The molecule has 0 heterocycles. The van der Waals surface area contributed by atoms with Crippen molar-refractivity contribution in [1.29, 1.82) is 0 Å². The zero-order chi connectivity index (χ0) is 22.4. The lowest BCUT2D eigenvalue weighted by atomic mass is 9.82. The van der Waals surface area contributed by atoms with Gasteiger partial charge in [-0.15, -0.1) is 0 Å². The molecule has 8 heteroatoms. The Morgan fingerprint density at radius 3 is 2.10 bits per heavy atom. The Hall–Kier alpha value is -2.22. The van der Waals surface area contributed by atoms with E-state index in [0.29, 0.717) is 12.1 Å². The molecule has 0 fully saturated rings. The van der Waals surface area contributed by atoms with Gasteiger partial charge in [-0.25, -0.2) is 13.2 Å². The maximum absolute atomic E-state index is 13.6. The highest BCUT2D eigenvalue weighted by Crippen LogP contribution is 2.42. The number of hydrogen-bond donors (Lipinski definition) is 1. The van der Waals surface area contributed by atoms with E-state index in [-0.39, 0.29) is 16.9 Å². The molecule has 0 radical (unpaired) electrons. The highest BCUT2D eigenvalue weighted by atomic mass is 19.4. The SMILES string of the molecule is CC.COc1ccc(F)cc1C(C)CC(O)(Cc1ccc(F)c(F)c1)C(F)(F)F. The highest BCUT2D eigenvalue weighted by Gasteiger charge is 2.54. The second-order valence-corrected chi connectivity index (χ2v) is 6.45. The Kier molecular flexibility index (Phi) is 8.56. The Balaban J connectivity index is 0.00000204. The summed E-state index contributed by atoms with van der Waals surface area (Å²) in [6.07, 6.45) is -6.85. The number of benzene rings is 2. The van der Waals surface area contributed by atoms with Gasteiger partial charge in [0.15, 0.2) is 17.2 Å². The summed E-state index contributed by atoms with van der Waals surface area (Å²) in [7, 11) is 1.29. The van der Waals surface area contributed by atoms with Crippen LogP contribution in [0.15, 0.2) is 36.4 Å². The van der Waals surface area contributed by atoms with Crippen molar-refractivity contribution in [3.05, 3.63) is 65.0 Å². The summed E-state index contributed by atoms with van der Waals surface area (Å²) in [6, 6.07) is 5.70. The van der Waals surface area contributed by atoms with Crippen LogP contribution in [0.5, 0.6) is 5.75 Å². The van der Waals surface area contributed by atoms with E-state index in [9.17, 15) is 31.4 Å². The van der Waals surface area contributed by atoms with Gasteiger partial charge in [-0.2, -0.15) is 13.2 Å². The van der Waals surface area contributed by atoms with Crippen molar-refractivity contribution in [3.8, 4) is 5.75 Å². The zero-order valence-corrected chi connectivity index (χ0v) is 16.6. The van der Waals surface area contributed by atoms with Gasteiger partial charge in [0, 0.05) is 6.42 Å². The zero-order valence-electron chi connectivity index (χ0n) is 16.6. The van der Waals surface area contributed by atoms with Gasteiger partial charge in [0.1, 0.15) is 11.6 Å². The van der Waals surface area contributed by atoms with Crippen molar-refractivity contribution in [1.82, 2.24) is 0 Å². The van der Waals surface area contributed by atoms with E-state index >= 15 is 0 Å². The Labute approximate surface area is 166 Å². The monoisotopic (exact) mass is 422 g/mol. The lowest BCUT2D eigenvalue weighted by molar-refractivity contribution is -0.263. The third-order valence-corrected chi connectivity index (χ3v) is 4.37. The molecule has 0 aliphatic carbocycles. The molecule has 2 aromatic rings. The number of methoxy groups -OCH3 is 1. The van der Waals surface area contributed by atoms with E-state index in [0.717, 1.165) is 18.2 Å². The first-order valence-electron chi connectivity index (χ1n) is 9.03. The van der Waals surface area contributed by atoms with Crippen LogP contribution in [0, 0.1) is 17.5 Å². The number of ether oxygens (including phenoxy) is 1. The van der Waals surface area contributed by atoms with Crippen molar-refractivity contribution < 1.29 is 36.2 Å². The molecule has 2 unspecified atom stereocenters. The van der Waals surface area contributed by atoms with Crippen LogP contribution >= 0.6 is 0 Å². The number of rotatable bonds is 6. The number of halogens is 6. The molecule has 2 rings (SSSR count). The number of aliphatic hydroxyl groups is 1. The van der Waals surface area contributed by atoms with Crippen LogP contribution in [0.25, 0.3) is 0 Å². The second-order valence-electron chi connectivity index (χ2n) is 6.45. The summed E-state index contributed by atoms with van der Waals surface area (Å²) in [6.45, 7) is 5.39. The maximum atomic E-state index is 13.6. The summed E-state index contributed by atoms with van der Waals surface area (Å²) in [5, 5.41) is 10.4. The maximum Gasteiger partial charge on any atom is 0.417 e. The number of hydrogen-bond acceptors (Lipinski definition) is 2. The van der Waals surface area contributed by atoms with Gasteiger partial charge in [0.05, 0.1) is 7.11 Å². The molecular weight excluding hydrogens is 398 g/mol.